The van der Waals surface area contributed by atoms with Gasteiger partial charge in [-0.25, -0.2) is 0 Å². The summed E-state index contributed by atoms with van der Waals surface area (Å²) in [6, 6.07) is 4.06. The summed E-state index contributed by atoms with van der Waals surface area (Å²) in [6.45, 7) is 1.97. The summed E-state index contributed by atoms with van der Waals surface area (Å²) in [5.74, 6) is 0. The first-order valence-electron chi connectivity index (χ1n) is 5.47. The minimum atomic E-state index is -4.39. The first-order chi connectivity index (χ1) is 8.21. The SMILES string of the molecule is CC(O)CCN(C)c1ccc(Br)cc1C(F)(F)F. The molecular weight excluding hydrogens is 311 g/mol. The standard InChI is InChI=1S/C12H15BrF3NO/c1-8(18)5-6-17(2)11-4-3-9(13)7-10(11)12(14,15)16/h3-4,7-8,18H,5-6H2,1-2H3. The molecule has 1 atom stereocenters. The van der Waals surface area contributed by atoms with Gasteiger partial charge in [0.05, 0.1) is 11.7 Å². The summed E-state index contributed by atoms with van der Waals surface area (Å²) >= 11 is 3.04. The van der Waals surface area contributed by atoms with Gasteiger partial charge in [-0.1, -0.05) is 15.9 Å². The van der Waals surface area contributed by atoms with Crippen LogP contribution in [0.3, 0.4) is 0 Å². The molecule has 0 aliphatic carbocycles. The molecule has 1 rings (SSSR count). The van der Waals surface area contributed by atoms with Gasteiger partial charge in [0.1, 0.15) is 0 Å². The molecule has 0 aliphatic rings. The monoisotopic (exact) mass is 325 g/mol. The lowest BCUT2D eigenvalue weighted by molar-refractivity contribution is -0.137. The molecule has 0 bridgehead atoms. The van der Waals surface area contributed by atoms with E-state index in [0.29, 0.717) is 17.4 Å². The molecule has 0 radical (unpaired) electrons. The Balaban J connectivity index is 3.00. The Morgan fingerprint density at radius 1 is 1.39 bits per heavy atom. The van der Waals surface area contributed by atoms with Crippen molar-refractivity contribution in [3.63, 3.8) is 0 Å². The summed E-state index contributed by atoms with van der Waals surface area (Å²) in [5, 5.41) is 9.17. The van der Waals surface area contributed by atoms with Crippen molar-refractivity contribution in [3.05, 3.63) is 28.2 Å². The highest BCUT2D eigenvalue weighted by Gasteiger charge is 2.34. The van der Waals surface area contributed by atoms with E-state index in [1.807, 2.05) is 0 Å². The topological polar surface area (TPSA) is 23.5 Å². The van der Waals surface area contributed by atoms with Gasteiger partial charge in [0.2, 0.25) is 0 Å². The molecule has 2 nitrogen and oxygen atoms in total. The Bertz CT molecular complexity index is 407. The summed E-state index contributed by atoms with van der Waals surface area (Å²) < 4.78 is 39.1. The second-order valence-corrected chi connectivity index (χ2v) is 5.13. The van der Waals surface area contributed by atoms with E-state index in [1.165, 1.54) is 11.0 Å². The maximum atomic E-state index is 12.9. The average molecular weight is 326 g/mol. The molecule has 102 valence electrons. The third-order valence-electron chi connectivity index (χ3n) is 2.56. The van der Waals surface area contributed by atoms with Gasteiger partial charge in [-0.2, -0.15) is 13.2 Å². The van der Waals surface area contributed by atoms with Gasteiger partial charge in [-0.3, -0.25) is 0 Å². The van der Waals surface area contributed by atoms with Crippen molar-refractivity contribution in [1.29, 1.82) is 0 Å². The lowest BCUT2D eigenvalue weighted by Crippen LogP contribution is -2.24. The van der Waals surface area contributed by atoms with Crippen LogP contribution in [0.2, 0.25) is 0 Å². The molecule has 6 heteroatoms. The van der Waals surface area contributed by atoms with E-state index in [9.17, 15) is 13.2 Å². The summed E-state index contributed by atoms with van der Waals surface area (Å²) in [6.07, 6.45) is -4.50. The van der Waals surface area contributed by atoms with Crippen molar-refractivity contribution in [2.75, 3.05) is 18.5 Å². The molecule has 0 spiro atoms. The van der Waals surface area contributed by atoms with Gasteiger partial charge in [-0.15, -0.1) is 0 Å². The van der Waals surface area contributed by atoms with Crippen LogP contribution in [-0.4, -0.2) is 24.8 Å². The fraction of sp³-hybridized carbons (Fsp3) is 0.500. The van der Waals surface area contributed by atoms with Crippen molar-refractivity contribution >= 4 is 21.6 Å². The number of nitrogens with zero attached hydrogens (tertiary/aromatic N) is 1. The zero-order chi connectivity index (χ0) is 13.9. The average Bonchev–Trinajstić information content (AvgIpc) is 2.24. The number of rotatable bonds is 4. The highest BCUT2D eigenvalue weighted by Crippen LogP contribution is 2.37. The highest BCUT2D eigenvalue weighted by molar-refractivity contribution is 9.10. The molecule has 0 saturated carbocycles. The van der Waals surface area contributed by atoms with E-state index in [-0.39, 0.29) is 5.69 Å². The second kappa shape index (κ2) is 5.93. The molecule has 1 N–H and O–H groups in total. The second-order valence-electron chi connectivity index (χ2n) is 4.22. The van der Waals surface area contributed by atoms with Gasteiger partial charge < -0.3 is 10.0 Å². The number of alkyl halides is 3. The molecule has 0 amide bonds. The molecular formula is C12H15BrF3NO. The Morgan fingerprint density at radius 2 is 2.00 bits per heavy atom. The smallest absolute Gasteiger partial charge is 0.393 e. The Labute approximate surface area is 113 Å². The number of hydrogen-bond donors (Lipinski definition) is 1. The third kappa shape index (κ3) is 4.17. The van der Waals surface area contributed by atoms with E-state index in [0.717, 1.165) is 6.07 Å². The molecule has 18 heavy (non-hydrogen) atoms. The van der Waals surface area contributed by atoms with Crippen molar-refractivity contribution in [2.45, 2.75) is 25.6 Å². The van der Waals surface area contributed by atoms with E-state index in [1.54, 1.807) is 20.0 Å². The first-order valence-corrected chi connectivity index (χ1v) is 6.27. The fourth-order valence-electron chi connectivity index (χ4n) is 1.57. The quantitative estimate of drug-likeness (QED) is 0.912. The first kappa shape index (κ1) is 15.3. The summed E-state index contributed by atoms with van der Waals surface area (Å²) in [5.41, 5.74) is -0.559. The lowest BCUT2D eigenvalue weighted by Gasteiger charge is -2.24. The lowest BCUT2D eigenvalue weighted by atomic mass is 10.1. The van der Waals surface area contributed by atoms with Gasteiger partial charge in [0.25, 0.3) is 0 Å². The van der Waals surface area contributed by atoms with Crippen molar-refractivity contribution in [2.24, 2.45) is 0 Å². The molecule has 1 aromatic carbocycles. The number of halogens is 4. The zero-order valence-corrected chi connectivity index (χ0v) is 11.7. The molecule has 0 aromatic heterocycles. The largest absolute Gasteiger partial charge is 0.418 e. The van der Waals surface area contributed by atoms with Crippen molar-refractivity contribution in [3.8, 4) is 0 Å². The normalized spacial score (nSPS) is 13.5. The minimum Gasteiger partial charge on any atom is -0.393 e. The summed E-state index contributed by atoms with van der Waals surface area (Å²) in [4.78, 5) is 1.50. The summed E-state index contributed by atoms with van der Waals surface area (Å²) in [7, 11) is 1.58. The van der Waals surface area contributed by atoms with Crippen LogP contribution in [0.1, 0.15) is 18.9 Å². The van der Waals surface area contributed by atoms with E-state index < -0.39 is 17.8 Å². The number of aliphatic hydroxyl groups is 1. The molecule has 1 unspecified atom stereocenters. The molecule has 0 fully saturated rings. The Kier molecular flexibility index (Phi) is 5.04. The highest BCUT2D eigenvalue weighted by atomic mass is 79.9. The van der Waals surface area contributed by atoms with Crippen LogP contribution >= 0.6 is 15.9 Å². The maximum absolute atomic E-state index is 12.9. The van der Waals surface area contributed by atoms with E-state index in [2.05, 4.69) is 15.9 Å². The van der Waals surface area contributed by atoms with Crippen molar-refractivity contribution in [1.82, 2.24) is 0 Å². The van der Waals surface area contributed by atoms with Gasteiger partial charge in [-0.05, 0) is 31.5 Å². The number of anilines is 1. The fourth-order valence-corrected chi connectivity index (χ4v) is 1.93. The minimum absolute atomic E-state index is 0.117. The zero-order valence-electron chi connectivity index (χ0n) is 10.1. The van der Waals surface area contributed by atoms with Crippen LogP contribution < -0.4 is 4.90 Å². The van der Waals surface area contributed by atoms with Crippen LogP contribution in [0, 0.1) is 0 Å². The van der Waals surface area contributed by atoms with Gasteiger partial charge >= 0.3 is 6.18 Å². The molecule has 1 aromatic rings. The predicted octanol–water partition coefficient (Wildman–Crippen LogP) is 3.68. The van der Waals surface area contributed by atoms with E-state index in [4.69, 9.17) is 5.11 Å². The van der Waals surface area contributed by atoms with Gasteiger partial charge in [0.15, 0.2) is 0 Å². The predicted molar refractivity (Wildman–Crippen MR) is 68.7 cm³/mol. The molecule has 0 heterocycles. The molecule has 0 aliphatic heterocycles. The van der Waals surface area contributed by atoms with Crippen LogP contribution in [0.15, 0.2) is 22.7 Å². The number of hydrogen-bond acceptors (Lipinski definition) is 2. The van der Waals surface area contributed by atoms with Crippen molar-refractivity contribution < 1.29 is 18.3 Å². The number of aliphatic hydroxyl groups excluding tert-OH is 1. The van der Waals surface area contributed by atoms with E-state index >= 15 is 0 Å². The Hall–Kier alpha value is -0.750. The van der Waals surface area contributed by atoms with Crippen LogP contribution in [-0.2, 0) is 6.18 Å². The number of benzene rings is 1. The molecule has 0 saturated heterocycles. The third-order valence-corrected chi connectivity index (χ3v) is 3.05. The van der Waals surface area contributed by atoms with Gasteiger partial charge in [0, 0.05) is 23.8 Å². The Morgan fingerprint density at radius 3 is 2.50 bits per heavy atom. The maximum Gasteiger partial charge on any atom is 0.418 e. The van der Waals surface area contributed by atoms with Crippen LogP contribution in [0.4, 0.5) is 18.9 Å². The van der Waals surface area contributed by atoms with Crippen LogP contribution in [0.5, 0.6) is 0 Å². The van der Waals surface area contributed by atoms with Crippen LogP contribution in [0.25, 0.3) is 0 Å².